The highest BCUT2D eigenvalue weighted by Crippen LogP contribution is 2.42. The van der Waals surface area contributed by atoms with Gasteiger partial charge in [0.05, 0.1) is 16.8 Å². The first-order valence-corrected chi connectivity index (χ1v) is 12.7. The van der Waals surface area contributed by atoms with Crippen molar-refractivity contribution in [1.29, 1.82) is 0 Å². The SMILES string of the molecule is BC(B)(B)Oc1cc(Cl)c(-c2nc(N[C@@H](CC3CC3)c3ccc(C)c(F)c3)sc2C)cc1C. The summed E-state index contributed by atoms with van der Waals surface area (Å²) in [5.74, 6) is 1.32. The molecule has 1 aliphatic carbocycles. The number of ether oxygens (including phenoxy) is 1. The molecule has 1 fully saturated rings. The molecule has 0 amide bonds. The summed E-state index contributed by atoms with van der Waals surface area (Å²) in [5.41, 5.74) is 4.43. The van der Waals surface area contributed by atoms with Crippen molar-refractivity contribution in [2.45, 2.75) is 51.4 Å². The lowest BCUT2D eigenvalue weighted by atomic mass is 9.52. The lowest BCUT2D eigenvalue weighted by Gasteiger charge is -2.24. The molecule has 0 bridgehead atoms. The number of nitrogens with zero attached hydrogens (tertiary/aromatic N) is 1. The van der Waals surface area contributed by atoms with Gasteiger partial charge in [0.15, 0.2) is 5.13 Å². The molecule has 0 aliphatic heterocycles. The Hall–Kier alpha value is -1.92. The van der Waals surface area contributed by atoms with Gasteiger partial charge in [-0.2, -0.15) is 0 Å². The molecule has 9 heteroatoms. The van der Waals surface area contributed by atoms with Crippen molar-refractivity contribution in [1.82, 2.24) is 4.98 Å². The molecule has 3 nitrogen and oxygen atoms in total. The van der Waals surface area contributed by atoms with E-state index in [1.54, 1.807) is 24.3 Å². The number of rotatable bonds is 8. The van der Waals surface area contributed by atoms with Crippen molar-refractivity contribution >= 4 is 51.6 Å². The van der Waals surface area contributed by atoms with Crippen LogP contribution in [0, 0.1) is 32.5 Å². The Balaban J connectivity index is 1.62. The number of aryl methyl sites for hydroxylation is 3. The molecule has 33 heavy (non-hydrogen) atoms. The molecule has 1 aliphatic rings. The van der Waals surface area contributed by atoms with Gasteiger partial charge in [-0.05, 0) is 68.0 Å². The Labute approximate surface area is 207 Å². The van der Waals surface area contributed by atoms with Gasteiger partial charge in [0, 0.05) is 15.7 Å². The number of hydrogen-bond acceptors (Lipinski definition) is 4. The first kappa shape index (κ1) is 24.2. The van der Waals surface area contributed by atoms with Gasteiger partial charge < -0.3 is 10.1 Å². The molecule has 1 heterocycles. The Morgan fingerprint density at radius 2 is 1.91 bits per heavy atom. The maximum Gasteiger partial charge on any atom is 0.183 e. The Morgan fingerprint density at radius 1 is 1.18 bits per heavy atom. The fraction of sp³-hybridized carbons (Fsp3) is 0.375. The zero-order valence-electron chi connectivity index (χ0n) is 20.2. The third-order valence-electron chi connectivity index (χ3n) is 5.89. The molecule has 3 aromatic rings. The van der Waals surface area contributed by atoms with Gasteiger partial charge in [0.1, 0.15) is 35.1 Å². The summed E-state index contributed by atoms with van der Waals surface area (Å²) in [7, 11) is 6.07. The van der Waals surface area contributed by atoms with Crippen LogP contribution in [0.5, 0.6) is 5.75 Å². The van der Waals surface area contributed by atoms with Crippen LogP contribution in [0.1, 0.15) is 46.9 Å². The van der Waals surface area contributed by atoms with Crippen LogP contribution in [0.15, 0.2) is 30.3 Å². The number of thiazole rings is 1. The molecule has 4 rings (SSSR count). The number of nitrogens with one attached hydrogen (secondary N) is 1. The zero-order chi connectivity index (χ0) is 23.9. The van der Waals surface area contributed by atoms with Crippen LogP contribution in [0.3, 0.4) is 0 Å². The van der Waals surface area contributed by atoms with E-state index < -0.39 is 0 Å². The molecule has 0 spiro atoms. The fourth-order valence-electron chi connectivity index (χ4n) is 3.93. The Kier molecular flexibility index (Phi) is 6.88. The largest absolute Gasteiger partial charge is 0.513 e. The van der Waals surface area contributed by atoms with Crippen molar-refractivity contribution in [3.05, 3.63) is 62.7 Å². The van der Waals surface area contributed by atoms with Crippen LogP contribution in [0.25, 0.3) is 11.3 Å². The summed E-state index contributed by atoms with van der Waals surface area (Å²) in [6.07, 6.45) is 3.47. The van der Waals surface area contributed by atoms with Crippen LogP contribution < -0.4 is 10.1 Å². The number of benzene rings is 2. The van der Waals surface area contributed by atoms with E-state index in [9.17, 15) is 4.39 Å². The summed E-state index contributed by atoms with van der Waals surface area (Å²) in [5, 5.41) is 4.75. The highest BCUT2D eigenvalue weighted by atomic mass is 35.5. The summed E-state index contributed by atoms with van der Waals surface area (Å²) >= 11 is 8.29. The first-order chi connectivity index (χ1) is 15.5. The van der Waals surface area contributed by atoms with E-state index in [1.807, 2.05) is 54.7 Å². The van der Waals surface area contributed by atoms with E-state index in [0.717, 1.165) is 44.6 Å². The maximum atomic E-state index is 14.3. The van der Waals surface area contributed by atoms with E-state index in [-0.39, 0.29) is 17.2 Å². The van der Waals surface area contributed by atoms with E-state index in [0.29, 0.717) is 16.5 Å². The molecule has 1 aromatic heterocycles. The number of halogens is 2. The van der Waals surface area contributed by atoms with E-state index in [4.69, 9.17) is 21.3 Å². The Bertz CT molecular complexity index is 1180. The lowest BCUT2D eigenvalue weighted by molar-refractivity contribution is 0.316. The van der Waals surface area contributed by atoms with Crippen molar-refractivity contribution in [3.8, 4) is 17.0 Å². The molecular formula is C24H29B3ClFN2OS. The lowest BCUT2D eigenvalue weighted by Crippen LogP contribution is -2.37. The highest BCUT2D eigenvalue weighted by molar-refractivity contribution is 7.16. The predicted molar refractivity (Wildman–Crippen MR) is 146 cm³/mol. The van der Waals surface area contributed by atoms with Crippen molar-refractivity contribution < 1.29 is 9.13 Å². The molecular weight excluding hydrogens is 451 g/mol. The van der Waals surface area contributed by atoms with E-state index in [2.05, 4.69) is 12.2 Å². The van der Waals surface area contributed by atoms with Gasteiger partial charge in [-0.1, -0.05) is 36.6 Å². The molecule has 0 saturated heterocycles. The standard InChI is InChI=1S/C24H29B3ClFN2OS/c1-12-4-7-16(10-19(12)29)20(9-15-5-6-15)30-23-31-22(14(3)33-23)17-8-13(2)21(11-18(17)28)32-24(25,26)27/h4,7-8,10-11,15,20H,5-6,9,25-27H2,1-3H3,(H,30,31)/t20-/m0/s1. The predicted octanol–water partition coefficient (Wildman–Crippen LogP) is 4.37. The Morgan fingerprint density at radius 3 is 2.55 bits per heavy atom. The minimum Gasteiger partial charge on any atom is -0.513 e. The second-order valence-electron chi connectivity index (χ2n) is 10.1. The van der Waals surface area contributed by atoms with E-state index in [1.165, 1.54) is 12.8 Å². The van der Waals surface area contributed by atoms with Crippen LogP contribution >= 0.6 is 22.9 Å². The van der Waals surface area contributed by atoms with Crippen molar-refractivity contribution in [2.75, 3.05) is 5.32 Å². The zero-order valence-corrected chi connectivity index (χ0v) is 21.8. The second-order valence-corrected chi connectivity index (χ2v) is 11.7. The summed E-state index contributed by atoms with van der Waals surface area (Å²) in [4.78, 5) is 5.99. The van der Waals surface area contributed by atoms with Gasteiger partial charge in [-0.15, -0.1) is 11.3 Å². The number of hydrogen-bond donors (Lipinski definition) is 1. The van der Waals surface area contributed by atoms with Crippen LogP contribution in [0.2, 0.25) is 5.02 Å². The van der Waals surface area contributed by atoms with E-state index >= 15 is 0 Å². The van der Waals surface area contributed by atoms with Crippen molar-refractivity contribution in [2.24, 2.45) is 5.92 Å². The molecule has 2 aromatic carbocycles. The average molecular weight is 480 g/mol. The highest BCUT2D eigenvalue weighted by Gasteiger charge is 2.28. The van der Waals surface area contributed by atoms with Gasteiger partial charge in [-0.25, -0.2) is 9.37 Å². The molecule has 170 valence electrons. The quantitative estimate of drug-likeness (QED) is 0.487. The molecule has 1 N–H and O–H groups in total. The molecule has 0 radical (unpaired) electrons. The van der Waals surface area contributed by atoms with Crippen LogP contribution in [-0.2, 0) is 0 Å². The van der Waals surface area contributed by atoms with Gasteiger partial charge >= 0.3 is 0 Å². The minimum absolute atomic E-state index is 0.0331. The minimum atomic E-state index is -0.296. The summed E-state index contributed by atoms with van der Waals surface area (Å²) in [6.45, 7) is 5.88. The second kappa shape index (κ2) is 9.38. The normalized spacial score (nSPS) is 14.8. The molecule has 1 atom stereocenters. The number of anilines is 1. The van der Waals surface area contributed by atoms with Gasteiger partial charge in [0.2, 0.25) is 0 Å². The first-order valence-electron chi connectivity index (χ1n) is 11.5. The van der Waals surface area contributed by atoms with Gasteiger partial charge in [0.25, 0.3) is 0 Å². The van der Waals surface area contributed by atoms with Gasteiger partial charge in [-0.3, -0.25) is 0 Å². The topological polar surface area (TPSA) is 34.1 Å². The fourth-order valence-corrected chi connectivity index (χ4v) is 5.06. The summed E-state index contributed by atoms with van der Waals surface area (Å²) < 4.78 is 20.3. The number of aromatic nitrogens is 1. The third-order valence-corrected chi connectivity index (χ3v) is 7.11. The van der Waals surface area contributed by atoms with Crippen LogP contribution in [0.4, 0.5) is 9.52 Å². The van der Waals surface area contributed by atoms with Crippen molar-refractivity contribution in [3.63, 3.8) is 0 Å². The summed E-state index contributed by atoms with van der Waals surface area (Å²) in [6, 6.07) is 9.50. The monoisotopic (exact) mass is 480 g/mol. The average Bonchev–Trinajstić information content (AvgIpc) is 3.46. The molecule has 0 unspecified atom stereocenters. The maximum absolute atomic E-state index is 14.3. The van der Waals surface area contributed by atoms with Crippen LogP contribution in [-0.4, -0.2) is 33.8 Å². The molecule has 1 saturated carbocycles. The smallest absolute Gasteiger partial charge is 0.183 e. The third kappa shape index (κ3) is 5.96.